The van der Waals surface area contributed by atoms with E-state index in [0.29, 0.717) is 0 Å². The lowest BCUT2D eigenvalue weighted by atomic mass is 9.79. The van der Waals surface area contributed by atoms with Gasteiger partial charge in [0.15, 0.2) is 0 Å². The molecule has 0 aliphatic heterocycles. The van der Waals surface area contributed by atoms with Crippen LogP contribution in [0.5, 0.6) is 0 Å². The van der Waals surface area contributed by atoms with Crippen LogP contribution in [0.3, 0.4) is 0 Å². The van der Waals surface area contributed by atoms with Crippen molar-refractivity contribution in [1.29, 1.82) is 0 Å². The average molecular weight is 266 g/mol. The summed E-state index contributed by atoms with van der Waals surface area (Å²) in [5, 5.41) is 10.6. The van der Waals surface area contributed by atoms with E-state index in [1.54, 1.807) is 0 Å². The first-order chi connectivity index (χ1) is 9.69. The van der Waals surface area contributed by atoms with E-state index >= 15 is 0 Å². The van der Waals surface area contributed by atoms with Crippen LogP contribution < -0.4 is 0 Å². The summed E-state index contributed by atoms with van der Waals surface area (Å²) in [6.07, 6.45) is 4.42. The van der Waals surface area contributed by atoms with Crippen molar-refractivity contribution in [3.63, 3.8) is 0 Å². The van der Waals surface area contributed by atoms with Crippen molar-refractivity contribution in [3.8, 4) is 11.1 Å². The van der Waals surface area contributed by atoms with E-state index in [2.05, 4.69) is 55.5 Å². The van der Waals surface area contributed by atoms with Gasteiger partial charge >= 0.3 is 0 Å². The summed E-state index contributed by atoms with van der Waals surface area (Å²) in [5.41, 5.74) is 3.54. The fourth-order valence-electron chi connectivity index (χ4n) is 3.35. The third-order valence-electron chi connectivity index (χ3n) is 4.74. The molecule has 1 aliphatic rings. The van der Waals surface area contributed by atoms with E-state index in [0.717, 1.165) is 18.4 Å². The average Bonchev–Trinajstić information content (AvgIpc) is 2.96. The normalized spacial score (nSPS) is 18.9. The van der Waals surface area contributed by atoms with Crippen LogP contribution in [-0.4, -0.2) is 5.11 Å². The van der Waals surface area contributed by atoms with Gasteiger partial charge in [-0.25, -0.2) is 0 Å². The summed E-state index contributed by atoms with van der Waals surface area (Å²) in [6.45, 7) is 2.22. The number of aliphatic hydroxyl groups excluding tert-OH is 1. The second kappa shape index (κ2) is 5.41. The topological polar surface area (TPSA) is 20.2 Å². The van der Waals surface area contributed by atoms with Crippen LogP contribution in [0.15, 0.2) is 54.6 Å². The maximum atomic E-state index is 10.6. The van der Waals surface area contributed by atoms with Gasteiger partial charge in [-0.2, -0.15) is 0 Å². The molecule has 104 valence electrons. The van der Waals surface area contributed by atoms with Gasteiger partial charge in [0.25, 0.3) is 0 Å². The lowest BCUT2D eigenvalue weighted by Gasteiger charge is -2.30. The molecule has 0 radical (unpaired) electrons. The number of benzene rings is 2. The summed E-state index contributed by atoms with van der Waals surface area (Å²) < 4.78 is 0. The Balaban J connectivity index is 1.83. The number of rotatable bonds is 3. The second-order valence-electron chi connectivity index (χ2n) is 6.25. The van der Waals surface area contributed by atoms with Crippen LogP contribution in [-0.2, 0) is 0 Å². The summed E-state index contributed by atoms with van der Waals surface area (Å²) in [7, 11) is 0. The number of hydrogen-bond donors (Lipinski definition) is 1. The van der Waals surface area contributed by atoms with E-state index in [1.807, 2.05) is 6.07 Å². The van der Waals surface area contributed by atoms with Gasteiger partial charge in [0.05, 0.1) is 6.10 Å². The lowest BCUT2D eigenvalue weighted by molar-refractivity contribution is 0.0408. The van der Waals surface area contributed by atoms with Crippen LogP contribution in [0.2, 0.25) is 0 Å². The minimum atomic E-state index is -0.338. The molecule has 1 unspecified atom stereocenters. The monoisotopic (exact) mass is 266 g/mol. The molecule has 20 heavy (non-hydrogen) atoms. The van der Waals surface area contributed by atoms with Crippen LogP contribution in [0.25, 0.3) is 11.1 Å². The van der Waals surface area contributed by atoms with Gasteiger partial charge in [0.1, 0.15) is 0 Å². The highest BCUT2D eigenvalue weighted by Crippen LogP contribution is 2.47. The Morgan fingerprint density at radius 1 is 0.850 bits per heavy atom. The minimum absolute atomic E-state index is 0.0638. The first-order valence-corrected chi connectivity index (χ1v) is 7.52. The fourth-order valence-corrected chi connectivity index (χ4v) is 3.35. The molecule has 1 aliphatic carbocycles. The van der Waals surface area contributed by atoms with Crippen LogP contribution in [0.1, 0.15) is 44.3 Å². The highest BCUT2D eigenvalue weighted by molar-refractivity contribution is 5.63. The van der Waals surface area contributed by atoms with Crippen LogP contribution in [0, 0.1) is 5.41 Å². The minimum Gasteiger partial charge on any atom is -0.388 e. The number of hydrogen-bond acceptors (Lipinski definition) is 1. The van der Waals surface area contributed by atoms with Gasteiger partial charge in [0, 0.05) is 0 Å². The molecule has 2 aromatic carbocycles. The zero-order valence-corrected chi connectivity index (χ0v) is 12.0. The molecule has 1 saturated carbocycles. The summed E-state index contributed by atoms with van der Waals surface area (Å²) in [6, 6.07) is 18.8. The molecule has 1 atom stereocenters. The predicted molar refractivity (Wildman–Crippen MR) is 83.4 cm³/mol. The predicted octanol–water partition coefficient (Wildman–Crippen LogP) is 4.97. The Hall–Kier alpha value is -1.60. The first-order valence-electron chi connectivity index (χ1n) is 7.52. The van der Waals surface area contributed by atoms with Crippen molar-refractivity contribution in [2.24, 2.45) is 5.41 Å². The van der Waals surface area contributed by atoms with Gasteiger partial charge < -0.3 is 5.11 Å². The van der Waals surface area contributed by atoms with E-state index < -0.39 is 0 Å². The molecule has 1 nitrogen and oxygen atoms in total. The summed E-state index contributed by atoms with van der Waals surface area (Å²) in [4.78, 5) is 0. The third-order valence-corrected chi connectivity index (χ3v) is 4.74. The molecule has 1 fully saturated rings. The molecule has 3 rings (SSSR count). The van der Waals surface area contributed by atoms with Crippen molar-refractivity contribution < 1.29 is 5.11 Å². The van der Waals surface area contributed by atoms with Crippen molar-refractivity contribution in [1.82, 2.24) is 0 Å². The zero-order chi connectivity index (χ0) is 14.0. The largest absolute Gasteiger partial charge is 0.388 e. The van der Waals surface area contributed by atoms with E-state index in [4.69, 9.17) is 0 Å². The molecule has 0 aromatic heterocycles. The first kappa shape index (κ1) is 13.4. The highest BCUT2D eigenvalue weighted by atomic mass is 16.3. The molecule has 0 amide bonds. The molecule has 0 bridgehead atoms. The Labute approximate surface area is 121 Å². The van der Waals surface area contributed by atoms with Crippen molar-refractivity contribution >= 4 is 0 Å². The standard InChI is InChI=1S/C19H22O/c1-19(13-5-6-14-19)18(20)17-11-9-16(10-12-17)15-7-3-2-4-8-15/h2-4,7-12,18,20H,5-6,13-14H2,1H3. The molecular formula is C19H22O. The highest BCUT2D eigenvalue weighted by Gasteiger charge is 2.36. The quantitative estimate of drug-likeness (QED) is 0.831. The molecule has 1 heteroatoms. The van der Waals surface area contributed by atoms with Crippen molar-refractivity contribution in [3.05, 3.63) is 60.2 Å². The lowest BCUT2D eigenvalue weighted by Crippen LogP contribution is -2.21. The molecule has 1 N–H and O–H groups in total. The van der Waals surface area contributed by atoms with Crippen molar-refractivity contribution in [2.75, 3.05) is 0 Å². The zero-order valence-electron chi connectivity index (χ0n) is 12.0. The second-order valence-corrected chi connectivity index (χ2v) is 6.25. The Morgan fingerprint density at radius 3 is 2.00 bits per heavy atom. The Bertz CT molecular complexity index is 550. The molecular weight excluding hydrogens is 244 g/mol. The fraction of sp³-hybridized carbons (Fsp3) is 0.368. The van der Waals surface area contributed by atoms with Crippen LogP contribution in [0.4, 0.5) is 0 Å². The Kier molecular flexibility index (Phi) is 3.62. The number of aliphatic hydroxyl groups is 1. The molecule has 0 heterocycles. The van der Waals surface area contributed by atoms with Crippen LogP contribution >= 0.6 is 0 Å². The maximum Gasteiger partial charge on any atom is 0.0843 e. The SMILES string of the molecule is CC1(C(O)c2ccc(-c3ccccc3)cc2)CCCC1. The van der Waals surface area contributed by atoms with Gasteiger partial charge in [-0.3, -0.25) is 0 Å². The van der Waals surface area contributed by atoms with Gasteiger partial charge in [-0.15, -0.1) is 0 Å². The third kappa shape index (κ3) is 2.51. The van der Waals surface area contributed by atoms with Gasteiger partial charge in [-0.05, 0) is 34.9 Å². The Morgan fingerprint density at radius 2 is 1.40 bits per heavy atom. The van der Waals surface area contributed by atoms with E-state index in [-0.39, 0.29) is 11.5 Å². The molecule has 0 spiro atoms. The molecule has 2 aromatic rings. The molecule has 0 saturated heterocycles. The van der Waals surface area contributed by atoms with E-state index in [9.17, 15) is 5.11 Å². The summed E-state index contributed by atoms with van der Waals surface area (Å²) in [5.74, 6) is 0. The maximum absolute atomic E-state index is 10.6. The van der Waals surface area contributed by atoms with Crippen molar-refractivity contribution in [2.45, 2.75) is 38.7 Å². The van der Waals surface area contributed by atoms with Gasteiger partial charge in [-0.1, -0.05) is 74.4 Å². The smallest absolute Gasteiger partial charge is 0.0843 e. The van der Waals surface area contributed by atoms with E-state index in [1.165, 1.54) is 24.0 Å². The summed E-state index contributed by atoms with van der Waals surface area (Å²) >= 11 is 0. The van der Waals surface area contributed by atoms with Gasteiger partial charge in [0.2, 0.25) is 0 Å².